The molecule has 2 aromatic carbocycles. The van der Waals surface area contributed by atoms with Crippen LogP contribution in [0.1, 0.15) is 12.1 Å². The van der Waals surface area contributed by atoms with Gasteiger partial charge in [0, 0.05) is 24.5 Å². The van der Waals surface area contributed by atoms with Gasteiger partial charge in [-0.2, -0.15) is 13.9 Å². The van der Waals surface area contributed by atoms with Gasteiger partial charge in [0.25, 0.3) is 0 Å². The molecule has 27 heavy (non-hydrogen) atoms. The summed E-state index contributed by atoms with van der Waals surface area (Å²) < 4.78 is 57.7. The maximum absolute atomic E-state index is 12.3. The van der Waals surface area contributed by atoms with Gasteiger partial charge in [-0.05, 0) is 31.5 Å². The van der Waals surface area contributed by atoms with Crippen LogP contribution in [0.15, 0.2) is 53.4 Å². The fourth-order valence-electron chi connectivity index (χ4n) is 2.80. The summed E-state index contributed by atoms with van der Waals surface area (Å²) in [5.41, 5.74) is 1.91. The number of aromatic nitrogens is 2. The number of hydrogen-bond donors (Lipinski definition) is 1. The van der Waals surface area contributed by atoms with E-state index in [1.807, 2.05) is 35.9 Å². The van der Waals surface area contributed by atoms with Crippen molar-refractivity contribution in [1.29, 1.82) is 0 Å². The molecule has 0 atom stereocenters. The van der Waals surface area contributed by atoms with E-state index in [1.165, 1.54) is 18.2 Å². The number of sulfonamides is 1. The molecule has 1 N–H and O–H groups in total. The van der Waals surface area contributed by atoms with Crippen LogP contribution in [0, 0.1) is 6.92 Å². The second-order valence-corrected chi connectivity index (χ2v) is 7.70. The maximum atomic E-state index is 12.3. The van der Waals surface area contributed by atoms with E-state index in [0.717, 1.165) is 22.7 Å². The molecule has 0 aliphatic carbocycles. The Morgan fingerprint density at radius 3 is 2.74 bits per heavy atom. The number of rotatable bonds is 8. The van der Waals surface area contributed by atoms with Gasteiger partial charge in [-0.1, -0.05) is 24.3 Å². The number of nitrogens with one attached hydrogen (secondary N) is 1. The molecule has 144 valence electrons. The van der Waals surface area contributed by atoms with Gasteiger partial charge in [0.2, 0.25) is 10.0 Å². The Labute approximate surface area is 155 Å². The molecular weight excluding hydrogens is 376 g/mol. The average Bonchev–Trinajstić information content (AvgIpc) is 2.95. The van der Waals surface area contributed by atoms with Crippen LogP contribution in [0.3, 0.4) is 0 Å². The molecule has 0 bridgehead atoms. The SMILES string of the molecule is Cc1nn(CCCNS(=O)(=O)c2cccc(OC(F)F)c2)c2ccccc12. The Balaban J connectivity index is 1.61. The molecule has 0 radical (unpaired) electrons. The summed E-state index contributed by atoms with van der Waals surface area (Å²) >= 11 is 0. The first-order valence-electron chi connectivity index (χ1n) is 8.33. The second kappa shape index (κ2) is 8.01. The fraction of sp³-hybridized carbons (Fsp3) is 0.278. The van der Waals surface area contributed by atoms with E-state index < -0.39 is 16.6 Å². The molecule has 0 unspecified atom stereocenters. The number of para-hydroxylation sites is 1. The quantitative estimate of drug-likeness (QED) is 0.594. The Kier molecular flexibility index (Phi) is 5.71. The third kappa shape index (κ3) is 4.61. The first-order valence-corrected chi connectivity index (χ1v) is 9.82. The predicted molar refractivity (Wildman–Crippen MR) is 97.3 cm³/mol. The monoisotopic (exact) mass is 395 g/mol. The topological polar surface area (TPSA) is 73.2 Å². The Bertz CT molecular complexity index is 1040. The van der Waals surface area contributed by atoms with E-state index in [1.54, 1.807) is 0 Å². The summed E-state index contributed by atoms with van der Waals surface area (Å²) in [5.74, 6) is -0.202. The van der Waals surface area contributed by atoms with Crippen molar-refractivity contribution in [2.75, 3.05) is 6.54 Å². The molecule has 0 amide bonds. The highest BCUT2D eigenvalue weighted by molar-refractivity contribution is 7.89. The lowest BCUT2D eigenvalue weighted by atomic mass is 10.2. The van der Waals surface area contributed by atoms with Crippen molar-refractivity contribution in [3.8, 4) is 5.75 Å². The van der Waals surface area contributed by atoms with Crippen molar-refractivity contribution in [1.82, 2.24) is 14.5 Å². The second-order valence-electron chi connectivity index (χ2n) is 5.93. The van der Waals surface area contributed by atoms with Crippen molar-refractivity contribution in [3.63, 3.8) is 0 Å². The number of halogens is 2. The van der Waals surface area contributed by atoms with Crippen molar-refractivity contribution in [3.05, 3.63) is 54.2 Å². The van der Waals surface area contributed by atoms with Crippen molar-refractivity contribution in [2.45, 2.75) is 31.4 Å². The van der Waals surface area contributed by atoms with Crippen LogP contribution in [0.5, 0.6) is 5.75 Å². The fourth-order valence-corrected chi connectivity index (χ4v) is 3.91. The van der Waals surface area contributed by atoms with Gasteiger partial charge in [0.05, 0.1) is 16.1 Å². The van der Waals surface area contributed by atoms with E-state index in [4.69, 9.17) is 0 Å². The number of hydrogen-bond acceptors (Lipinski definition) is 4. The van der Waals surface area contributed by atoms with Gasteiger partial charge in [-0.3, -0.25) is 4.68 Å². The predicted octanol–water partition coefficient (Wildman–Crippen LogP) is 3.31. The first kappa shape index (κ1) is 19.2. The van der Waals surface area contributed by atoms with Crippen molar-refractivity contribution < 1.29 is 21.9 Å². The highest BCUT2D eigenvalue weighted by Crippen LogP contribution is 2.20. The summed E-state index contributed by atoms with van der Waals surface area (Å²) in [6.07, 6.45) is 0.525. The molecule has 0 spiro atoms. The summed E-state index contributed by atoms with van der Waals surface area (Å²) in [4.78, 5) is -0.124. The molecule has 1 aromatic heterocycles. The molecule has 0 fully saturated rings. The molecule has 0 saturated heterocycles. The average molecular weight is 395 g/mol. The zero-order chi connectivity index (χ0) is 19.4. The molecule has 9 heteroatoms. The normalized spacial score (nSPS) is 12.0. The van der Waals surface area contributed by atoms with Gasteiger partial charge in [-0.25, -0.2) is 13.1 Å². The smallest absolute Gasteiger partial charge is 0.387 e. The van der Waals surface area contributed by atoms with E-state index in [2.05, 4.69) is 14.6 Å². The number of ether oxygens (including phenoxy) is 1. The maximum Gasteiger partial charge on any atom is 0.387 e. The van der Waals surface area contributed by atoms with E-state index in [9.17, 15) is 17.2 Å². The summed E-state index contributed by atoms with van der Waals surface area (Å²) in [5, 5.41) is 5.54. The molecule has 3 rings (SSSR count). The van der Waals surface area contributed by atoms with Crippen LogP contribution in [-0.4, -0.2) is 31.4 Å². The van der Waals surface area contributed by atoms with Gasteiger partial charge in [-0.15, -0.1) is 0 Å². The Hall–Kier alpha value is -2.52. The Morgan fingerprint density at radius 2 is 1.96 bits per heavy atom. The van der Waals surface area contributed by atoms with E-state index >= 15 is 0 Å². The number of aryl methyl sites for hydroxylation is 2. The lowest BCUT2D eigenvalue weighted by Crippen LogP contribution is -2.25. The van der Waals surface area contributed by atoms with Crippen LogP contribution >= 0.6 is 0 Å². The number of nitrogens with zero attached hydrogens (tertiary/aromatic N) is 2. The first-order chi connectivity index (χ1) is 12.9. The third-order valence-corrected chi connectivity index (χ3v) is 5.48. The summed E-state index contributed by atoms with van der Waals surface area (Å²) in [6.45, 7) is -0.347. The number of fused-ring (bicyclic) bond motifs is 1. The third-order valence-electron chi connectivity index (χ3n) is 4.02. The molecule has 6 nitrogen and oxygen atoms in total. The minimum atomic E-state index is -3.81. The zero-order valence-corrected chi connectivity index (χ0v) is 15.4. The van der Waals surface area contributed by atoms with Crippen molar-refractivity contribution >= 4 is 20.9 Å². The van der Waals surface area contributed by atoms with Crippen LogP contribution in [-0.2, 0) is 16.6 Å². The molecule has 3 aromatic rings. The van der Waals surface area contributed by atoms with Crippen LogP contribution in [0.4, 0.5) is 8.78 Å². The standard InChI is InChI=1S/C18H19F2N3O3S/c1-13-16-8-2-3-9-17(16)23(22-13)11-5-10-21-27(24,25)15-7-4-6-14(12-15)26-18(19)20/h2-4,6-9,12,18,21H,5,10-11H2,1H3. The highest BCUT2D eigenvalue weighted by Gasteiger charge is 2.15. The van der Waals surface area contributed by atoms with Crippen LogP contribution in [0.2, 0.25) is 0 Å². The number of alkyl halides is 2. The minimum absolute atomic E-state index is 0.124. The van der Waals surface area contributed by atoms with Gasteiger partial charge < -0.3 is 4.74 Å². The van der Waals surface area contributed by atoms with E-state index in [-0.39, 0.29) is 17.2 Å². The molecule has 0 aliphatic heterocycles. The highest BCUT2D eigenvalue weighted by atomic mass is 32.2. The van der Waals surface area contributed by atoms with Gasteiger partial charge in [0.1, 0.15) is 5.75 Å². The van der Waals surface area contributed by atoms with Gasteiger partial charge in [0.15, 0.2) is 0 Å². The largest absolute Gasteiger partial charge is 0.435 e. The van der Waals surface area contributed by atoms with Crippen LogP contribution < -0.4 is 9.46 Å². The molecule has 0 saturated carbocycles. The minimum Gasteiger partial charge on any atom is -0.435 e. The van der Waals surface area contributed by atoms with Crippen molar-refractivity contribution in [2.24, 2.45) is 0 Å². The summed E-state index contributed by atoms with van der Waals surface area (Å²) in [6, 6.07) is 12.9. The zero-order valence-electron chi connectivity index (χ0n) is 14.6. The Morgan fingerprint density at radius 1 is 1.19 bits per heavy atom. The molecule has 0 aliphatic rings. The molecule has 1 heterocycles. The summed E-state index contributed by atoms with van der Waals surface area (Å²) in [7, 11) is -3.81. The van der Waals surface area contributed by atoms with E-state index in [0.29, 0.717) is 13.0 Å². The molecular formula is C18H19F2N3O3S. The lowest BCUT2D eigenvalue weighted by Gasteiger charge is -2.09. The van der Waals surface area contributed by atoms with Gasteiger partial charge >= 0.3 is 6.61 Å². The number of benzene rings is 2. The van der Waals surface area contributed by atoms with Crippen LogP contribution in [0.25, 0.3) is 10.9 Å². The lowest BCUT2D eigenvalue weighted by molar-refractivity contribution is -0.0499.